The number of hydrogen-bond acceptors (Lipinski definition) is 3. The van der Waals surface area contributed by atoms with Crippen molar-refractivity contribution in [2.45, 2.75) is 38.3 Å². The second kappa shape index (κ2) is 7.52. The van der Waals surface area contributed by atoms with Crippen LogP contribution in [0.3, 0.4) is 0 Å². The lowest BCUT2D eigenvalue weighted by Crippen LogP contribution is -2.32. The van der Waals surface area contributed by atoms with Gasteiger partial charge in [-0.2, -0.15) is 0 Å². The molecule has 0 amide bonds. The van der Waals surface area contributed by atoms with Crippen molar-refractivity contribution in [2.24, 2.45) is 5.73 Å². The van der Waals surface area contributed by atoms with Crippen LogP contribution in [-0.4, -0.2) is 25.8 Å². The molecule has 3 nitrogen and oxygen atoms in total. The molecule has 3 heteroatoms. The molecule has 1 aliphatic heterocycles. The van der Waals surface area contributed by atoms with Crippen LogP contribution in [-0.2, 0) is 17.7 Å². The maximum atomic E-state index is 5.73. The molecule has 0 bridgehead atoms. The Labute approximate surface area is 110 Å². The summed E-state index contributed by atoms with van der Waals surface area (Å²) < 4.78 is 5.69. The Hall–Kier alpha value is -0.900. The van der Waals surface area contributed by atoms with Gasteiger partial charge in [0.2, 0.25) is 0 Å². The molecule has 0 spiro atoms. The smallest absolute Gasteiger partial charge is 0.0699 e. The van der Waals surface area contributed by atoms with E-state index in [0.717, 1.165) is 26.1 Å². The van der Waals surface area contributed by atoms with Gasteiger partial charge in [0.25, 0.3) is 0 Å². The summed E-state index contributed by atoms with van der Waals surface area (Å²) in [6.45, 7) is 3.53. The SMILES string of the molecule is NCc1ccccc1CCNCC1CCCCO1. The van der Waals surface area contributed by atoms with Crippen molar-refractivity contribution in [2.75, 3.05) is 19.7 Å². The first-order valence-electron chi connectivity index (χ1n) is 6.99. The number of nitrogens with one attached hydrogen (secondary N) is 1. The lowest BCUT2D eigenvalue weighted by molar-refractivity contribution is 0.0171. The highest BCUT2D eigenvalue weighted by Crippen LogP contribution is 2.12. The largest absolute Gasteiger partial charge is 0.377 e. The Morgan fingerprint density at radius 2 is 2.06 bits per heavy atom. The van der Waals surface area contributed by atoms with Crippen molar-refractivity contribution in [3.05, 3.63) is 35.4 Å². The van der Waals surface area contributed by atoms with Crippen LogP contribution in [0.15, 0.2) is 24.3 Å². The van der Waals surface area contributed by atoms with E-state index in [9.17, 15) is 0 Å². The van der Waals surface area contributed by atoms with E-state index in [4.69, 9.17) is 10.5 Å². The van der Waals surface area contributed by atoms with E-state index in [-0.39, 0.29) is 0 Å². The van der Waals surface area contributed by atoms with Gasteiger partial charge >= 0.3 is 0 Å². The molecule has 1 atom stereocenters. The van der Waals surface area contributed by atoms with E-state index in [2.05, 4.69) is 29.6 Å². The minimum Gasteiger partial charge on any atom is -0.377 e. The van der Waals surface area contributed by atoms with Crippen LogP contribution in [0.5, 0.6) is 0 Å². The van der Waals surface area contributed by atoms with Gasteiger partial charge in [0, 0.05) is 19.7 Å². The monoisotopic (exact) mass is 248 g/mol. The van der Waals surface area contributed by atoms with Crippen molar-refractivity contribution in [1.82, 2.24) is 5.32 Å². The molecule has 0 aliphatic carbocycles. The Morgan fingerprint density at radius 1 is 1.22 bits per heavy atom. The van der Waals surface area contributed by atoms with Crippen molar-refractivity contribution in [1.29, 1.82) is 0 Å². The molecule has 1 aromatic carbocycles. The highest BCUT2D eigenvalue weighted by atomic mass is 16.5. The number of benzene rings is 1. The maximum Gasteiger partial charge on any atom is 0.0699 e. The number of ether oxygens (including phenoxy) is 1. The first-order chi connectivity index (χ1) is 8.90. The summed E-state index contributed by atoms with van der Waals surface area (Å²) in [5, 5.41) is 3.49. The number of rotatable bonds is 6. The van der Waals surface area contributed by atoms with E-state index < -0.39 is 0 Å². The van der Waals surface area contributed by atoms with Gasteiger partial charge in [-0.3, -0.25) is 0 Å². The van der Waals surface area contributed by atoms with Crippen LogP contribution in [0.25, 0.3) is 0 Å². The van der Waals surface area contributed by atoms with Gasteiger partial charge in [0.05, 0.1) is 6.10 Å². The third kappa shape index (κ3) is 4.09. The van der Waals surface area contributed by atoms with E-state index in [1.165, 1.54) is 30.4 Å². The fourth-order valence-electron chi connectivity index (χ4n) is 2.46. The van der Waals surface area contributed by atoms with Crippen LogP contribution >= 0.6 is 0 Å². The molecule has 1 heterocycles. The summed E-state index contributed by atoms with van der Waals surface area (Å²) in [7, 11) is 0. The average Bonchev–Trinajstić information content (AvgIpc) is 2.45. The zero-order valence-electron chi connectivity index (χ0n) is 11.0. The van der Waals surface area contributed by atoms with Crippen LogP contribution in [0, 0.1) is 0 Å². The Kier molecular flexibility index (Phi) is 5.65. The van der Waals surface area contributed by atoms with Gasteiger partial charge in [-0.1, -0.05) is 24.3 Å². The zero-order valence-corrected chi connectivity index (χ0v) is 11.0. The highest BCUT2D eigenvalue weighted by Gasteiger charge is 2.12. The number of hydrogen-bond donors (Lipinski definition) is 2. The predicted octanol–water partition coefficient (Wildman–Crippen LogP) is 1.85. The molecule has 1 aliphatic rings. The van der Waals surface area contributed by atoms with Gasteiger partial charge in [-0.15, -0.1) is 0 Å². The van der Waals surface area contributed by atoms with Crippen LogP contribution in [0.2, 0.25) is 0 Å². The summed E-state index contributed by atoms with van der Waals surface area (Å²) in [6.07, 6.45) is 5.19. The summed E-state index contributed by atoms with van der Waals surface area (Å²) in [5.41, 5.74) is 8.35. The van der Waals surface area contributed by atoms with E-state index in [1.54, 1.807) is 0 Å². The molecule has 0 saturated carbocycles. The molecular formula is C15H24N2O. The summed E-state index contributed by atoms with van der Waals surface area (Å²) in [5.74, 6) is 0. The lowest BCUT2D eigenvalue weighted by atomic mass is 10.0. The first kappa shape index (κ1) is 13.5. The second-order valence-electron chi connectivity index (χ2n) is 4.92. The van der Waals surface area contributed by atoms with Crippen molar-refractivity contribution < 1.29 is 4.74 Å². The molecule has 100 valence electrons. The molecule has 1 saturated heterocycles. The lowest BCUT2D eigenvalue weighted by Gasteiger charge is -2.22. The van der Waals surface area contributed by atoms with Gasteiger partial charge in [-0.05, 0) is 43.4 Å². The zero-order chi connectivity index (χ0) is 12.6. The van der Waals surface area contributed by atoms with Crippen LogP contribution in [0.4, 0.5) is 0 Å². The summed E-state index contributed by atoms with van der Waals surface area (Å²) in [4.78, 5) is 0. The van der Waals surface area contributed by atoms with E-state index in [0.29, 0.717) is 12.6 Å². The molecule has 18 heavy (non-hydrogen) atoms. The minimum atomic E-state index is 0.420. The molecule has 3 N–H and O–H groups in total. The fraction of sp³-hybridized carbons (Fsp3) is 0.600. The molecular weight excluding hydrogens is 224 g/mol. The van der Waals surface area contributed by atoms with Crippen molar-refractivity contribution >= 4 is 0 Å². The van der Waals surface area contributed by atoms with Crippen LogP contribution < -0.4 is 11.1 Å². The van der Waals surface area contributed by atoms with Gasteiger partial charge in [-0.25, -0.2) is 0 Å². The minimum absolute atomic E-state index is 0.420. The third-order valence-electron chi connectivity index (χ3n) is 3.56. The molecule has 0 aromatic heterocycles. The van der Waals surface area contributed by atoms with E-state index in [1.807, 2.05) is 0 Å². The third-order valence-corrected chi connectivity index (χ3v) is 3.56. The Morgan fingerprint density at radius 3 is 2.78 bits per heavy atom. The molecule has 1 aromatic rings. The highest BCUT2D eigenvalue weighted by molar-refractivity contribution is 5.27. The molecule has 1 fully saturated rings. The quantitative estimate of drug-likeness (QED) is 0.755. The first-order valence-corrected chi connectivity index (χ1v) is 6.99. The second-order valence-corrected chi connectivity index (χ2v) is 4.92. The van der Waals surface area contributed by atoms with Crippen LogP contribution in [0.1, 0.15) is 30.4 Å². The van der Waals surface area contributed by atoms with E-state index >= 15 is 0 Å². The predicted molar refractivity (Wildman–Crippen MR) is 74.5 cm³/mol. The van der Waals surface area contributed by atoms with Gasteiger partial charge < -0.3 is 15.8 Å². The van der Waals surface area contributed by atoms with Crippen molar-refractivity contribution in [3.8, 4) is 0 Å². The number of nitrogens with two attached hydrogens (primary N) is 1. The Bertz CT molecular complexity index is 348. The van der Waals surface area contributed by atoms with Crippen molar-refractivity contribution in [3.63, 3.8) is 0 Å². The molecule has 1 unspecified atom stereocenters. The summed E-state index contributed by atoms with van der Waals surface area (Å²) in [6, 6.07) is 8.41. The summed E-state index contributed by atoms with van der Waals surface area (Å²) >= 11 is 0. The average molecular weight is 248 g/mol. The van der Waals surface area contributed by atoms with Gasteiger partial charge in [0.1, 0.15) is 0 Å². The maximum absolute atomic E-state index is 5.73. The topological polar surface area (TPSA) is 47.3 Å². The standard InChI is InChI=1S/C15H24N2O/c16-11-14-6-2-1-5-13(14)8-9-17-12-15-7-3-4-10-18-15/h1-2,5-6,15,17H,3-4,7-12,16H2. The fourth-order valence-corrected chi connectivity index (χ4v) is 2.46. The van der Waals surface area contributed by atoms with Gasteiger partial charge in [0.15, 0.2) is 0 Å². The molecule has 2 rings (SSSR count). The Balaban J connectivity index is 1.68. The molecule has 0 radical (unpaired) electrons. The normalized spacial score (nSPS) is 19.9.